The monoisotopic (exact) mass is 131 g/mol. The zero-order valence-electron chi connectivity index (χ0n) is 5.42. The Balaban J connectivity index is 3.65. The van der Waals surface area contributed by atoms with E-state index in [1.54, 1.807) is 14.1 Å². The molecule has 0 spiro atoms. The van der Waals surface area contributed by atoms with Crippen molar-refractivity contribution in [3.05, 3.63) is 12.3 Å². The SMILES string of the molecule is C=C(ON(C)C)C(=O)O. The zero-order chi connectivity index (χ0) is 7.44. The number of carboxylic acid groups (broad SMARTS) is 1. The summed E-state index contributed by atoms with van der Waals surface area (Å²) in [5.41, 5.74) is 0. The largest absolute Gasteiger partial charge is 0.475 e. The van der Waals surface area contributed by atoms with Gasteiger partial charge in [0.1, 0.15) is 0 Å². The van der Waals surface area contributed by atoms with Crippen molar-refractivity contribution >= 4 is 5.97 Å². The molecule has 52 valence electrons. The molecule has 0 saturated carbocycles. The summed E-state index contributed by atoms with van der Waals surface area (Å²) in [5.74, 6) is -1.43. The van der Waals surface area contributed by atoms with Crippen LogP contribution in [-0.2, 0) is 9.63 Å². The molecule has 0 aromatic carbocycles. The molecule has 0 bridgehead atoms. The Morgan fingerprint density at radius 2 is 2.11 bits per heavy atom. The summed E-state index contributed by atoms with van der Waals surface area (Å²) in [6, 6.07) is 0. The fraction of sp³-hybridized carbons (Fsp3) is 0.400. The molecule has 0 aromatic heterocycles. The average Bonchev–Trinajstić information content (AvgIpc) is 1.63. The summed E-state index contributed by atoms with van der Waals surface area (Å²) >= 11 is 0. The number of hydrogen-bond donors (Lipinski definition) is 1. The number of nitrogens with zero attached hydrogens (tertiary/aromatic N) is 1. The van der Waals surface area contributed by atoms with Gasteiger partial charge in [-0.25, -0.2) is 4.79 Å². The molecule has 0 amide bonds. The minimum Gasteiger partial charge on any atom is -0.475 e. The highest BCUT2D eigenvalue weighted by atomic mass is 16.7. The lowest BCUT2D eigenvalue weighted by molar-refractivity contribution is -0.147. The highest BCUT2D eigenvalue weighted by molar-refractivity contribution is 5.83. The van der Waals surface area contributed by atoms with E-state index in [1.807, 2.05) is 0 Å². The highest BCUT2D eigenvalue weighted by Gasteiger charge is 2.04. The van der Waals surface area contributed by atoms with Crippen molar-refractivity contribution in [2.24, 2.45) is 0 Å². The minimum atomic E-state index is -1.15. The third-order valence-corrected chi connectivity index (χ3v) is 0.531. The second-order valence-electron chi connectivity index (χ2n) is 1.63. The van der Waals surface area contributed by atoms with E-state index < -0.39 is 5.97 Å². The Bertz CT molecular complexity index is 130. The molecule has 0 aliphatic carbocycles. The normalized spacial score (nSPS) is 9.22. The van der Waals surface area contributed by atoms with Gasteiger partial charge in [0.2, 0.25) is 5.76 Å². The van der Waals surface area contributed by atoms with E-state index in [0.29, 0.717) is 0 Å². The van der Waals surface area contributed by atoms with E-state index >= 15 is 0 Å². The molecule has 0 rings (SSSR count). The van der Waals surface area contributed by atoms with Crippen LogP contribution in [0.1, 0.15) is 0 Å². The third-order valence-electron chi connectivity index (χ3n) is 0.531. The lowest BCUT2D eigenvalue weighted by Crippen LogP contribution is -2.15. The van der Waals surface area contributed by atoms with Gasteiger partial charge in [0.05, 0.1) is 0 Å². The Labute approximate surface area is 53.3 Å². The average molecular weight is 131 g/mol. The van der Waals surface area contributed by atoms with Crippen LogP contribution in [0, 0.1) is 0 Å². The molecule has 0 heterocycles. The van der Waals surface area contributed by atoms with Crippen LogP contribution in [0.4, 0.5) is 0 Å². The number of carboxylic acids is 1. The maximum absolute atomic E-state index is 9.98. The first-order valence-electron chi connectivity index (χ1n) is 2.31. The van der Waals surface area contributed by atoms with Gasteiger partial charge < -0.3 is 9.94 Å². The minimum absolute atomic E-state index is 0.278. The Kier molecular flexibility index (Phi) is 2.73. The van der Waals surface area contributed by atoms with Gasteiger partial charge in [-0.15, -0.1) is 5.06 Å². The molecule has 0 radical (unpaired) electrons. The van der Waals surface area contributed by atoms with Crippen LogP contribution in [0.5, 0.6) is 0 Å². The maximum Gasteiger partial charge on any atom is 0.373 e. The van der Waals surface area contributed by atoms with Crippen LogP contribution >= 0.6 is 0 Å². The summed E-state index contributed by atoms with van der Waals surface area (Å²) in [6.45, 7) is 3.13. The summed E-state index contributed by atoms with van der Waals surface area (Å²) in [6.07, 6.45) is 0. The first-order chi connectivity index (χ1) is 4.04. The van der Waals surface area contributed by atoms with Crippen LogP contribution in [-0.4, -0.2) is 30.2 Å². The predicted octanol–water partition coefficient (Wildman–Crippen LogP) is 0.0779. The fourth-order valence-corrected chi connectivity index (χ4v) is 0.259. The number of carbonyl (C=O) groups is 1. The maximum atomic E-state index is 9.98. The van der Waals surface area contributed by atoms with Crippen LogP contribution in [0.15, 0.2) is 12.3 Å². The van der Waals surface area contributed by atoms with Gasteiger partial charge in [0.25, 0.3) is 0 Å². The molecule has 4 nitrogen and oxygen atoms in total. The van der Waals surface area contributed by atoms with E-state index in [4.69, 9.17) is 5.11 Å². The quantitative estimate of drug-likeness (QED) is 0.334. The smallest absolute Gasteiger partial charge is 0.373 e. The van der Waals surface area contributed by atoms with Gasteiger partial charge in [-0.2, -0.15) is 0 Å². The molecule has 0 aliphatic heterocycles. The molecule has 0 aliphatic rings. The van der Waals surface area contributed by atoms with Crippen LogP contribution in [0.2, 0.25) is 0 Å². The molecule has 0 atom stereocenters. The fourth-order valence-electron chi connectivity index (χ4n) is 0.259. The van der Waals surface area contributed by atoms with Crippen molar-refractivity contribution in [3.8, 4) is 0 Å². The van der Waals surface area contributed by atoms with Crippen molar-refractivity contribution < 1.29 is 14.7 Å². The van der Waals surface area contributed by atoms with E-state index in [1.165, 1.54) is 5.06 Å². The first-order valence-corrected chi connectivity index (χ1v) is 2.31. The Hall–Kier alpha value is -1.03. The number of hydrogen-bond acceptors (Lipinski definition) is 3. The molecular formula is C5H9NO3. The topological polar surface area (TPSA) is 49.8 Å². The molecule has 0 aromatic rings. The second-order valence-corrected chi connectivity index (χ2v) is 1.63. The van der Waals surface area contributed by atoms with Gasteiger partial charge in [0.15, 0.2) is 0 Å². The van der Waals surface area contributed by atoms with Crippen LogP contribution < -0.4 is 0 Å². The van der Waals surface area contributed by atoms with Gasteiger partial charge in [0, 0.05) is 14.1 Å². The van der Waals surface area contributed by atoms with Crippen molar-refractivity contribution in [1.29, 1.82) is 0 Å². The van der Waals surface area contributed by atoms with Crippen LogP contribution in [0.3, 0.4) is 0 Å². The van der Waals surface area contributed by atoms with Gasteiger partial charge >= 0.3 is 5.97 Å². The van der Waals surface area contributed by atoms with E-state index in [0.717, 1.165) is 0 Å². The lowest BCUT2D eigenvalue weighted by atomic mass is 10.6. The van der Waals surface area contributed by atoms with E-state index in [2.05, 4.69) is 11.4 Å². The summed E-state index contributed by atoms with van der Waals surface area (Å²) in [7, 11) is 3.16. The molecule has 0 unspecified atom stereocenters. The van der Waals surface area contributed by atoms with E-state index in [-0.39, 0.29) is 5.76 Å². The Morgan fingerprint density at radius 1 is 1.67 bits per heavy atom. The Morgan fingerprint density at radius 3 is 2.22 bits per heavy atom. The summed E-state index contributed by atoms with van der Waals surface area (Å²) < 4.78 is 0. The molecule has 4 heteroatoms. The number of aliphatic carboxylic acids is 1. The standard InChI is InChI=1S/C5H9NO3/c1-4(5(7)8)9-6(2)3/h1H2,2-3H3,(H,7,8). The molecular weight excluding hydrogens is 122 g/mol. The van der Waals surface area contributed by atoms with Gasteiger partial charge in [-0.05, 0) is 6.58 Å². The van der Waals surface area contributed by atoms with Gasteiger partial charge in [-0.1, -0.05) is 0 Å². The highest BCUT2D eigenvalue weighted by Crippen LogP contribution is 1.93. The number of hydroxylamine groups is 2. The molecule has 0 fully saturated rings. The second kappa shape index (κ2) is 3.09. The lowest BCUT2D eigenvalue weighted by Gasteiger charge is -2.09. The number of rotatable bonds is 3. The van der Waals surface area contributed by atoms with Crippen molar-refractivity contribution in [2.45, 2.75) is 0 Å². The van der Waals surface area contributed by atoms with E-state index in [9.17, 15) is 4.79 Å². The zero-order valence-corrected chi connectivity index (χ0v) is 5.42. The van der Waals surface area contributed by atoms with Crippen molar-refractivity contribution in [3.63, 3.8) is 0 Å². The third kappa shape index (κ3) is 3.54. The van der Waals surface area contributed by atoms with Crippen molar-refractivity contribution in [1.82, 2.24) is 5.06 Å². The van der Waals surface area contributed by atoms with Crippen molar-refractivity contribution in [2.75, 3.05) is 14.1 Å². The molecule has 9 heavy (non-hydrogen) atoms. The summed E-state index contributed by atoms with van der Waals surface area (Å²) in [4.78, 5) is 14.5. The van der Waals surface area contributed by atoms with Gasteiger partial charge in [-0.3, -0.25) is 0 Å². The van der Waals surface area contributed by atoms with Crippen LogP contribution in [0.25, 0.3) is 0 Å². The molecule has 0 saturated heterocycles. The predicted molar refractivity (Wildman–Crippen MR) is 31.5 cm³/mol. The first kappa shape index (κ1) is 7.97. The summed E-state index contributed by atoms with van der Waals surface area (Å²) in [5, 5.41) is 9.44. The molecule has 1 N–H and O–H groups in total.